The van der Waals surface area contributed by atoms with Gasteiger partial charge in [-0.05, 0) is 99.5 Å². The SMILES string of the molecule is O=C(CS(=O)(=O)N1CCCC1)c1cc(C2CC2)c(OCC23CC4CC(CC(C4)C2)C3)cc1F. The largest absolute Gasteiger partial charge is 0.493 e. The smallest absolute Gasteiger partial charge is 0.221 e. The van der Waals surface area contributed by atoms with Crippen molar-refractivity contribution in [3.8, 4) is 5.75 Å². The van der Waals surface area contributed by atoms with E-state index >= 15 is 4.39 Å². The molecule has 1 aliphatic heterocycles. The van der Waals surface area contributed by atoms with Crippen molar-refractivity contribution in [2.45, 2.75) is 70.1 Å². The van der Waals surface area contributed by atoms with Gasteiger partial charge in [-0.3, -0.25) is 4.79 Å². The van der Waals surface area contributed by atoms with Crippen molar-refractivity contribution in [3.05, 3.63) is 29.1 Å². The van der Waals surface area contributed by atoms with Crippen LogP contribution in [0.4, 0.5) is 4.39 Å². The van der Waals surface area contributed by atoms with E-state index in [9.17, 15) is 13.2 Å². The lowest BCUT2D eigenvalue weighted by Gasteiger charge is -2.56. The van der Waals surface area contributed by atoms with Gasteiger partial charge in [0.1, 0.15) is 17.3 Å². The number of sulfonamides is 1. The summed E-state index contributed by atoms with van der Waals surface area (Å²) in [5.41, 5.74) is 0.995. The average molecular weight is 476 g/mol. The van der Waals surface area contributed by atoms with Gasteiger partial charge < -0.3 is 4.74 Å². The quantitative estimate of drug-likeness (QED) is 0.502. The second-order valence-electron chi connectivity index (χ2n) is 11.6. The van der Waals surface area contributed by atoms with E-state index in [1.807, 2.05) is 0 Å². The van der Waals surface area contributed by atoms with E-state index in [2.05, 4.69) is 0 Å². The van der Waals surface area contributed by atoms with Crippen molar-refractivity contribution in [1.82, 2.24) is 4.31 Å². The molecule has 7 rings (SSSR count). The minimum Gasteiger partial charge on any atom is -0.493 e. The molecule has 0 N–H and O–H groups in total. The fraction of sp³-hybridized carbons (Fsp3) is 0.731. The molecule has 0 radical (unpaired) electrons. The van der Waals surface area contributed by atoms with Crippen LogP contribution in [0.25, 0.3) is 0 Å². The summed E-state index contributed by atoms with van der Waals surface area (Å²) >= 11 is 0. The Bertz CT molecular complexity index is 1020. The van der Waals surface area contributed by atoms with E-state index in [1.54, 1.807) is 6.07 Å². The van der Waals surface area contributed by atoms with Gasteiger partial charge in [0, 0.05) is 24.6 Å². The molecule has 180 valence electrons. The predicted molar refractivity (Wildman–Crippen MR) is 123 cm³/mol. The van der Waals surface area contributed by atoms with E-state index in [0.29, 0.717) is 25.4 Å². The van der Waals surface area contributed by atoms with Gasteiger partial charge in [0.05, 0.1) is 12.2 Å². The second-order valence-corrected chi connectivity index (χ2v) is 13.6. The fourth-order valence-corrected chi connectivity index (χ4v) is 9.11. The molecule has 6 fully saturated rings. The number of hydrogen-bond donors (Lipinski definition) is 0. The third kappa shape index (κ3) is 4.24. The molecule has 1 saturated heterocycles. The number of nitrogens with zero attached hydrogens (tertiary/aromatic N) is 1. The highest BCUT2D eigenvalue weighted by Gasteiger charge is 2.51. The molecule has 5 aliphatic carbocycles. The van der Waals surface area contributed by atoms with Crippen LogP contribution in [0.15, 0.2) is 12.1 Å². The van der Waals surface area contributed by atoms with Gasteiger partial charge in [-0.15, -0.1) is 0 Å². The minimum absolute atomic E-state index is 0.109. The maximum absolute atomic E-state index is 15.1. The molecule has 4 bridgehead atoms. The van der Waals surface area contributed by atoms with Crippen LogP contribution in [0.3, 0.4) is 0 Å². The Morgan fingerprint density at radius 3 is 2.21 bits per heavy atom. The van der Waals surface area contributed by atoms with Gasteiger partial charge in [0.2, 0.25) is 10.0 Å². The summed E-state index contributed by atoms with van der Waals surface area (Å²) in [7, 11) is -3.70. The van der Waals surface area contributed by atoms with E-state index in [4.69, 9.17) is 4.74 Å². The van der Waals surface area contributed by atoms with Crippen molar-refractivity contribution in [2.24, 2.45) is 23.2 Å². The molecule has 1 aromatic carbocycles. The molecular formula is C26H34FNO4S. The summed E-state index contributed by atoms with van der Waals surface area (Å²) in [5, 5.41) is 0. The zero-order valence-electron chi connectivity index (χ0n) is 19.2. The Hall–Kier alpha value is -1.47. The third-order valence-corrected chi connectivity index (χ3v) is 10.7. The summed E-state index contributed by atoms with van der Waals surface area (Å²) in [6.45, 7) is 1.53. The monoisotopic (exact) mass is 475 g/mol. The van der Waals surface area contributed by atoms with Crippen LogP contribution < -0.4 is 4.74 Å². The van der Waals surface area contributed by atoms with Gasteiger partial charge in [-0.25, -0.2) is 17.1 Å². The summed E-state index contributed by atoms with van der Waals surface area (Å²) in [6, 6.07) is 2.94. The van der Waals surface area contributed by atoms with Crippen LogP contribution >= 0.6 is 0 Å². The number of carbonyl (C=O) groups is 1. The van der Waals surface area contributed by atoms with Crippen LogP contribution in [0.5, 0.6) is 5.75 Å². The number of hydrogen-bond acceptors (Lipinski definition) is 4. The molecule has 1 heterocycles. The Morgan fingerprint density at radius 1 is 1.03 bits per heavy atom. The fourth-order valence-electron chi connectivity index (χ4n) is 7.62. The van der Waals surface area contributed by atoms with Crippen molar-refractivity contribution in [3.63, 3.8) is 0 Å². The molecule has 1 aromatic rings. The molecule has 0 aromatic heterocycles. The lowest BCUT2D eigenvalue weighted by atomic mass is 9.50. The van der Waals surface area contributed by atoms with Gasteiger partial charge in [0.15, 0.2) is 5.78 Å². The molecule has 33 heavy (non-hydrogen) atoms. The highest BCUT2D eigenvalue weighted by molar-refractivity contribution is 7.89. The molecule has 0 spiro atoms. The van der Waals surface area contributed by atoms with Gasteiger partial charge >= 0.3 is 0 Å². The second kappa shape index (κ2) is 8.04. The number of rotatable bonds is 8. The molecule has 0 unspecified atom stereocenters. The number of Topliss-reactive ketones (excluding diaryl/α,β-unsaturated/α-hetero) is 1. The molecule has 5 nitrogen and oxygen atoms in total. The number of halogens is 1. The van der Waals surface area contributed by atoms with Crippen LogP contribution in [-0.2, 0) is 10.0 Å². The highest BCUT2D eigenvalue weighted by atomic mass is 32.2. The Labute approximate surface area is 196 Å². The zero-order valence-corrected chi connectivity index (χ0v) is 20.0. The summed E-state index contributed by atoms with van der Waals surface area (Å²) in [5.74, 6) is 1.34. The molecule has 7 heteroatoms. The van der Waals surface area contributed by atoms with E-state index in [-0.39, 0.29) is 16.9 Å². The van der Waals surface area contributed by atoms with Gasteiger partial charge in [0.25, 0.3) is 0 Å². The predicted octanol–water partition coefficient (Wildman–Crippen LogP) is 4.91. The van der Waals surface area contributed by atoms with Crippen LogP contribution in [0, 0.1) is 29.0 Å². The maximum atomic E-state index is 15.1. The lowest BCUT2D eigenvalue weighted by Crippen LogP contribution is -2.48. The molecule has 5 saturated carbocycles. The van der Waals surface area contributed by atoms with E-state index in [0.717, 1.165) is 49.0 Å². The lowest BCUT2D eigenvalue weighted by molar-refractivity contribution is -0.0747. The van der Waals surface area contributed by atoms with Crippen molar-refractivity contribution in [2.75, 3.05) is 25.4 Å². The molecule has 0 atom stereocenters. The summed E-state index contributed by atoms with van der Waals surface area (Å²) in [6.07, 6.45) is 11.4. The highest BCUT2D eigenvalue weighted by Crippen LogP contribution is 2.60. The van der Waals surface area contributed by atoms with Crippen LogP contribution in [-0.4, -0.2) is 44.0 Å². The number of ether oxygens (including phenoxy) is 1. The normalized spacial score (nSPS) is 33.5. The van der Waals surface area contributed by atoms with Crippen molar-refractivity contribution < 1.29 is 22.3 Å². The van der Waals surface area contributed by atoms with Crippen LogP contribution in [0.2, 0.25) is 0 Å². The Kier molecular flexibility index (Phi) is 5.37. The van der Waals surface area contributed by atoms with Crippen LogP contribution in [0.1, 0.15) is 86.0 Å². The first-order valence-electron chi connectivity index (χ1n) is 12.8. The zero-order chi connectivity index (χ0) is 22.8. The van der Waals surface area contributed by atoms with Crippen molar-refractivity contribution >= 4 is 15.8 Å². The third-order valence-electron chi connectivity index (χ3n) is 8.89. The summed E-state index contributed by atoms with van der Waals surface area (Å²) < 4.78 is 48.0. The van der Waals surface area contributed by atoms with Gasteiger partial charge in [-0.1, -0.05) is 0 Å². The van der Waals surface area contributed by atoms with E-state index < -0.39 is 27.4 Å². The number of benzene rings is 1. The minimum atomic E-state index is -3.70. The Morgan fingerprint density at radius 2 is 1.64 bits per heavy atom. The van der Waals surface area contributed by atoms with E-state index in [1.165, 1.54) is 48.9 Å². The van der Waals surface area contributed by atoms with Crippen molar-refractivity contribution in [1.29, 1.82) is 0 Å². The molecular weight excluding hydrogens is 441 g/mol. The van der Waals surface area contributed by atoms with Gasteiger partial charge in [-0.2, -0.15) is 0 Å². The summed E-state index contributed by atoms with van der Waals surface area (Å²) in [4.78, 5) is 12.8. The molecule has 0 amide bonds. The first-order chi connectivity index (χ1) is 15.8. The maximum Gasteiger partial charge on any atom is 0.221 e. The average Bonchev–Trinajstić information content (AvgIpc) is 3.42. The molecule has 6 aliphatic rings. The first kappa shape index (κ1) is 22.0. The topological polar surface area (TPSA) is 63.7 Å². The number of ketones is 1. The number of carbonyl (C=O) groups excluding carboxylic acids is 1. The Balaban J connectivity index is 1.21. The first-order valence-corrected chi connectivity index (χ1v) is 14.4. The standard InChI is InChI=1S/C26H34FNO4S/c27-23-11-25(32-16-26-12-17-7-18(13-26)9-19(8-17)14-26)21(20-3-4-20)10-22(23)24(29)15-33(30,31)28-5-1-2-6-28/h10-11,17-20H,1-9,12-16H2.